The molecule has 2 aromatic rings. The monoisotopic (exact) mass is 456 g/mol. The molecular formula is C18H25IN4S. The van der Waals surface area contributed by atoms with Gasteiger partial charge in [0, 0.05) is 24.7 Å². The minimum absolute atomic E-state index is 0. The SMILES string of the molecule is CCc1cnc(CNC(=NC)NCC2CC2c2ccccc2)s1.I. The van der Waals surface area contributed by atoms with E-state index < -0.39 is 0 Å². The van der Waals surface area contributed by atoms with Crippen LogP contribution in [-0.4, -0.2) is 24.5 Å². The zero-order valence-electron chi connectivity index (χ0n) is 14.2. The zero-order valence-corrected chi connectivity index (χ0v) is 17.3. The number of hydrogen-bond donors (Lipinski definition) is 2. The molecule has 0 bridgehead atoms. The molecule has 1 aliphatic carbocycles. The van der Waals surface area contributed by atoms with Crippen molar-refractivity contribution in [2.24, 2.45) is 10.9 Å². The van der Waals surface area contributed by atoms with Crippen molar-refractivity contribution in [1.82, 2.24) is 15.6 Å². The van der Waals surface area contributed by atoms with Crippen LogP contribution in [0.2, 0.25) is 0 Å². The summed E-state index contributed by atoms with van der Waals surface area (Å²) in [6, 6.07) is 10.8. The molecule has 1 fully saturated rings. The number of guanidine groups is 1. The standard InChI is InChI=1S/C18H24N4S.HI/c1-3-15-11-20-17(23-15)12-22-18(19-2)21-10-14-9-16(14)13-7-5-4-6-8-13;/h4-8,11,14,16H,3,9-10,12H2,1-2H3,(H2,19,21,22);1H. The normalized spacial score (nSPS) is 19.5. The third-order valence-electron chi connectivity index (χ3n) is 4.26. The van der Waals surface area contributed by atoms with Gasteiger partial charge in [0.15, 0.2) is 5.96 Å². The van der Waals surface area contributed by atoms with Gasteiger partial charge in [0.1, 0.15) is 5.01 Å². The molecule has 0 spiro atoms. The topological polar surface area (TPSA) is 49.3 Å². The van der Waals surface area contributed by atoms with Gasteiger partial charge in [-0.05, 0) is 30.2 Å². The maximum absolute atomic E-state index is 4.43. The van der Waals surface area contributed by atoms with Crippen LogP contribution in [0.25, 0.3) is 0 Å². The van der Waals surface area contributed by atoms with Crippen LogP contribution in [0.4, 0.5) is 0 Å². The number of aliphatic imine (C=N–C) groups is 1. The smallest absolute Gasteiger partial charge is 0.191 e. The van der Waals surface area contributed by atoms with Crippen LogP contribution in [0.1, 0.15) is 34.7 Å². The van der Waals surface area contributed by atoms with Gasteiger partial charge in [0.25, 0.3) is 0 Å². The van der Waals surface area contributed by atoms with E-state index in [9.17, 15) is 0 Å². The second-order valence-corrected chi connectivity index (χ2v) is 7.09. The van der Waals surface area contributed by atoms with Crippen LogP contribution in [0.5, 0.6) is 0 Å². The van der Waals surface area contributed by atoms with Crippen molar-refractivity contribution >= 4 is 41.3 Å². The molecule has 24 heavy (non-hydrogen) atoms. The summed E-state index contributed by atoms with van der Waals surface area (Å²) >= 11 is 1.76. The van der Waals surface area contributed by atoms with Crippen molar-refractivity contribution in [2.45, 2.75) is 32.2 Å². The Morgan fingerprint density at radius 3 is 2.75 bits per heavy atom. The van der Waals surface area contributed by atoms with E-state index in [1.54, 1.807) is 11.3 Å². The van der Waals surface area contributed by atoms with E-state index in [1.807, 2.05) is 13.2 Å². The summed E-state index contributed by atoms with van der Waals surface area (Å²) in [6.45, 7) is 3.86. The molecular weight excluding hydrogens is 431 g/mol. The second-order valence-electron chi connectivity index (χ2n) is 5.89. The number of nitrogens with zero attached hydrogens (tertiary/aromatic N) is 2. The van der Waals surface area contributed by atoms with E-state index in [1.165, 1.54) is 16.9 Å². The van der Waals surface area contributed by atoms with E-state index in [4.69, 9.17) is 0 Å². The molecule has 1 aromatic carbocycles. The number of halogens is 1. The van der Waals surface area contributed by atoms with Crippen LogP contribution in [0, 0.1) is 5.92 Å². The highest BCUT2D eigenvalue weighted by Crippen LogP contribution is 2.46. The molecule has 0 amide bonds. The predicted molar refractivity (Wildman–Crippen MR) is 112 cm³/mol. The fourth-order valence-corrected chi connectivity index (χ4v) is 3.58. The van der Waals surface area contributed by atoms with Gasteiger partial charge in [0.05, 0.1) is 6.54 Å². The van der Waals surface area contributed by atoms with E-state index in [0.717, 1.165) is 30.5 Å². The Morgan fingerprint density at radius 1 is 1.29 bits per heavy atom. The third-order valence-corrected chi connectivity index (χ3v) is 5.40. The highest BCUT2D eigenvalue weighted by Gasteiger charge is 2.37. The van der Waals surface area contributed by atoms with Crippen LogP contribution in [-0.2, 0) is 13.0 Å². The van der Waals surface area contributed by atoms with Crippen molar-refractivity contribution in [3.8, 4) is 0 Å². The highest BCUT2D eigenvalue weighted by molar-refractivity contribution is 14.0. The van der Waals surface area contributed by atoms with Gasteiger partial charge in [0.2, 0.25) is 0 Å². The van der Waals surface area contributed by atoms with E-state index in [2.05, 4.69) is 57.9 Å². The largest absolute Gasteiger partial charge is 0.356 e. The Hall–Kier alpha value is -1.15. The average Bonchev–Trinajstić information content (AvgIpc) is 3.23. The van der Waals surface area contributed by atoms with Gasteiger partial charge in [-0.15, -0.1) is 35.3 Å². The van der Waals surface area contributed by atoms with Gasteiger partial charge < -0.3 is 10.6 Å². The summed E-state index contributed by atoms with van der Waals surface area (Å²) in [6.07, 6.45) is 4.28. The number of nitrogens with one attached hydrogen (secondary N) is 2. The van der Waals surface area contributed by atoms with Crippen molar-refractivity contribution < 1.29 is 0 Å². The quantitative estimate of drug-likeness (QED) is 0.395. The van der Waals surface area contributed by atoms with Gasteiger partial charge in [-0.3, -0.25) is 4.99 Å². The number of benzene rings is 1. The van der Waals surface area contributed by atoms with Crippen molar-refractivity contribution in [3.63, 3.8) is 0 Å². The molecule has 130 valence electrons. The molecule has 3 rings (SSSR count). The van der Waals surface area contributed by atoms with Crippen LogP contribution >= 0.6 is 35.3 Å². The molecule has 0 aliphatic heterocycles. The molecule has 0 radical (unpaired) electrons. The average molecular weight is 456 g/mol. The fraction of sp³-hybridized carbons (Fsp3) is 0.444. The van der Waals surface area contributed by atoms with Crippen LogP contribution in [0.15, 0.2) is 41.5 Å². The van der Waals surface area contributed by atoms with E-state index >= 15 is 0 Å². The Bertz CT molecular complexity index is 656. The molecule has 2 unspecified atom stereocenters. The Kier molecular flexibility index (Phi) is 7.48. The molecule has 1 saturated carbocycles. The maximum atomic E-state index is 4.43. The summed E-state index contributed by atoms with van der Waals surface area (Å²) in [7, 11) is 1.82. The van der Waals surface area contributed by atoms with Crippen molar-refractivity contribution in [3.05, 3.63) is 52.0 Å². The first-order valence-electron chi connectivity index (χ1n) is 8.23. The zero-order chi connectivity index (χ0) is 16.1. The highest BCUT2D eigenvalue weighted by atomic mass is 127. The lowest BCUT2D eigenvalue weighted by atomic mass is 10.1. The first-order chi connectivity index (χ1) is 11.3. The number of aromatic nitrogens is 1. The number of aryl methyl sites for hydroxylation is 1. The van der Waals surface area contributed by atoms with Gasteiger partial charge in [-0.2, -0.15) is 0 Å². The summed E-state index contributed by atoms with van der Waals surface area (Å²) in [5.74, 6) is 2.27. The maximum Gasteiger partial charge on any atom is 0.191 e. The Labute approximate surface area is 165 Å². The van der Waals surface area contributed by atoms with Gasteiger partial charge in [-0.25, -0.2) is 4.98 Å². The summed E-state index contributed by atoms with van der Waals surface area (Å²) in [5.41, 5.74) is 1.46. The summed E-state index contributed by atoms with van der Waals surface area (Å²) in [4.78, 5) is 10.1. The molecule has 1 aromatic heterocycles. The lowest BCUT2D eigenvalue weighted by Gasteiger charge is -2.10. The number of thiazole rings is 1. The second kappa shape index (κ2) is 9.36. The van der Waals surface area contributed by atoms with Gasteiger partial charge >= 0.3 is 0 Å². The molecule has 1 aliphatic rings. The van der Waals surface area contributed by atoms with Crippen molar-refractivity contribution in [2.75, 3.05) is 13.6 Å². The lowest BCUT2D eigenvalue weighted by molar-refractivity contribution is 0.718. The summed E-state index contributed by atoms with van der Waals surface area (Å²) in [5, 5.41) is 7.90. The minimum atomic E-state index is 0. The molecule has 6 heteroatoms. The first kappa shape index (κ1) is 19.2. The Morgan fingerprint density at radius 2 is 2.08 bits per heavy atom. The predicted octanol–water partition coefficient (Wildman–Crippen LogP) is 3.79. The minimum Gasteiger partial charge on any atom is -0.356 e. The Balaban J connectivity index is 0.00000208. The lowest BCUT2D eigenvalue weighted by Crippen LogP contribution is -2.38. The molecule has 4 nitrogen and oxygen atoms in total. The molecule has 2 N–H and O–H groups in total. The molecule has 0 saturated heterocycles. The van der Waals surface area contributed by atoms with Crippen molar-refractivity contribution in [1.29, 1.82) is 0 Å². The van der Waals surface area contributed by atoms with Crippen LogP contribution in [0.3, 0.4) is 0 Å². The van der Waals surface area contributed by atoms with Crippen LogP contribution < -0.4 is 10.6 Å². The number of rotatable bonds is 6. The first-order valence-corrected chi connectivity index (χ1v) is 9.04. The fourth-order valence-electron chi connectivity index (χ4n) is 2.78. The number of hydrogen-bond acceptors (Lipinski definition) is 3. The molecule has 2 atom stereocenters. The molecule has 1 heterocycles. The third kappa shape index (κ3) is 5.17. The van der Waals surface area contributed by atoms with E-state index in [0.29, 0.717) is 11.8 Å². The van der Waals surface area contributed by atoms with E-state index in [-0.39, 0.29) is 24.0 Å². The summed E-state index contributed by atoms with van der Waals surface area (Å²) < 4.78 is 0. The van der Waals surface area contributed by atoms with Gasteiger partial charge in [-0.1, -0.05) is 37.3 Å².